The topological polar surface area (TPSA) is 56.1 Å². The van der Waals surface area contributed by atoms with Gasteiger partial charge in [-0.3, -0.25) is 9.48 Å². The Hall–Kier alpha value is -3.08. The Balaban J connectivity index is 1.52. The zero-order valence-corrected chi connectivity index (χ0v) is 15.4. The molecule has 0 radical (unpaired) electrons. The van der Waals surface area contributed by atoms with Gasteiger partial charge in [-0.25, -0.2) is 0 Å². The second-order valence-electron chi connectivity index (χ2n) is 6.84. The molecule has 1 heterocycles. The third-order valence-corrected chi connectivity index (χ3v) is 5.08. The lowest BCUT2D eigenvalue weighted by Crippen LogP contribution is -2.31. The Morgan fingerprint density at radius 2 is 2.07 bits per heavy atom. The van der Waals surface area contributed by atoms with Gasteiger partial charge in [0, 0.05) is 16.8 Å². The van der Waals surface area contributed by atoms with Gasteiger partial charge >= 0.3 is 0 Å². The zero-order chi connectivity index (χ0) is 18.6. The highest BCUT2D eigenvalue weighted by molar-refractivity contribution is 5.94. The molecule has 2 aromatic carbocycles. The van der Waals surface area contributed by atoms with Crippen molar-refractivity contribution in [1.29, 1.82) is 0 Å². The first-order valence-corrected chi connectivity index (χ1v) is 9.28. The molecule has 0 saturated carbocycles. The molecule has 0 bridgehead atoms. The fourth-order valence-electron chi connectivity index (χ4n) is 3.67. The zero-order valence-electron chi connectivity index (χ0n) is 15.4. The van der Waals surface area contributed by atoms with E-state index in [0.717, 1.165) is 31.4 Å². The molecule has 1 unspecified atom stereocenters. The van der Waals surface area contributed by atoms with Crippen molar-refractivity contribution in [2.24, 2.45) is 0 Å². The molecule has 0 aliphatic heterocycles. The van der Waals surface area contributed by atoms with Gasteiger partial charge in [0.1, 0.15) is 5.75 Å². The molecule has 1 aromatic heterocycles. The Bertz CT molecular complexity index is 934. The van der Waals surface area contributed by atoms with Gasteiger partial charge in [0.25, 0.3) is 5.91 Å². The number of methoxy groups -OCH3 is 1. The van der Waals surface area contributed by atoms with Crippen LogP contribution in [0.3, 0.4) is 0 Å². The molecule has 5 heteroatoms. The van der Waals surface area contributed by atoms with Crippen LogP contribution in [-0.4, -0.2) is 22.8 Å². The van der Waals surface area contributed by atoms with E-state index in [1.807, 2.05) is 36.5 Å². The smallest absolute Gasteiger partial charge is 0.251 e. The number of hydrogen-bond donors (Lipinski definition) is 1. The van der Waals surface area contributed by atoms with Gasteiger partial charge in [-0.05, 0) is 43.0 Å². The third-order valence-electron chi connectivity index (χ3n) is 5.08. The van der Waals surface area contributed by atoms with Crippen molar-refractivity contribution in [3.63, 3.8) is 0 Å². The fourth-order valence-corrected chi connectivity index (χ4v) is 3.67. The molecular formula is C22H23N3O2. The molecule has 0 saturated heterocycles. The van der Waals surface area contributed by atoms with E-state index in [1.54, 1.807) is 19.2 Å². The first-order valence-electron chi connectivity index (χ1n) is 9.28. The van der Waals surface area contributed by atoms with E-state index in [1.165, 1.54) is 11.3 Å². The molecule has 5 nitrogen and oxygen atoms in total. The maximum absolute atomic E-state index is 12.7. The van der Waals surface area contributed by atoms with Crippen LogP contribution in [0, 0.1) is 0 Å². The minimum atomic E-state index is -0.0810. The number of ether oxygens (including phenoxy) is 1. The molecule has 1 atom stereocenters. The minimum absolute atomic E-state index is 0.00280. The van der Waals surface area contributed by atoms with Crippen LogP contribution in [0.2, 0.25) is 0 Å². The van der Waals surface area contributed by atoms with Crippen molar-refractivity contribution >= 4 is 5.91 Å². The average Bonchev–Trinajstić information content (AvgIpc) is 3.12. The Labute approximate surface area is 159 Å². The van der Waals surface area contributed by atoms with Gasteiger partial charge in [0.05, 0.1) is 25.9 Å². The number of carbonyl (C=O) groups is 1. The maximum atomic E-state index is 12.7. The monoisotopic (exact) mass is 361 g/mol. The van der Waals surface area contributed by atoms with E-state index in [4.69, 9.17) is 4.74 Å². The predicted molar refractivity (Wildman–Crippen MR) is 104 cm³/mol. The molecule has 138 valence electrons. The molecule has 1 aliphatic carbocycles. The van der Waals surface area contributed by atoms with Gasteiger partial charge in [-0.1, -0.05) is 36.4 Å². The lowest BCUT2D eigenvalue weighted by Gasteiger charge is -2.24. The van der Waals surface area contributed by atoms with Gasteiger partial charge < -0.3 is 10.1 Å². The van der Waals surface area contributed by atoms with Crippen LogP contribution in [0.5, 0.6) is 5.75 Å². The molecule has 4 rings (SSSR count). The van der Waals surface area contributed by atoms with Crippen LogP contribution in [0.1, 0.15) is 46.1 Å². The van der Waals surface area contributed by atoms with Crippen LogP contribution in [0.25, 0.3) is 0 Å². The normalized spacial score (nSPS) is 15.8. The van der Waals surface area contributed by atoms with Crippen molar-refractivity contribution in [2.45, 2.75) is 31.8 Å². The highest BCUT2D eigenvalue weighted by Gasteiger charge is 2.26. The number of hydrogen-bond acceptors (Lipinski definition) is 3. The number of nitrogens with zero attached hydrogens (tertiary/aromatic N) is 2. The predicted octanol–water partition coefficient (Wildman–Crippen LogP) is 3.75. The molecule has 0 spiro atoms. The second-order valence-corrected chi connectivity index (χ2v) is 6.84. The van der Waals surface area contributed by atoms with Gasteiger partial charge in [0.2, 0.25) is 0 Å². The molecule has 27 heavy (non-hydrogen) atoms. The summed E-state index contributed by atoms with van der Waals surface area (Å²) in [5.74, 6) is 0.602. The molecule has 1 N–H and O–H groups in total. The number of aromatic nitrogens is 2. The maximum Gasteiger partial charge on any atom is 0.251 e. The molecule has 1 amide bonds. The summed E-state index contributed by atoms with van der Waals surface area (Å²) in [6, 6.07) is 17.6. The highest BCUT2D eigenvalue weighted by atomic mass is 16.5. The summed E-state index contributed by atoms with van der Waals surface area (Å²) < 4.78 is 7.28. The summed E-state index contributed by atoms with van der Waals surface area (Å²) >= 11 is 0. The lowest BCUT2D eigenvalue weighted by molar-refractivity contribution is 0.0932. The third kappa shape index (κ3) is 3.72. The first kappa shape index (κ1) is 17.3. The summed E-state index contributed by atoms with van der Waals surface area (Å²) in [4.78, 5) is 12.7. The molecule has 3 aromatic rings. The van der Waals surface area contributed by atoms with E-state index in [9.17, 15) is 4.79 Å². The Morgan fingerprint density at radius 3 is 2.89 bits per heavy atom. The van der Waals surface area contributed by atoms with Crippen molar-refractivity contribution in [3.8, 4) is 5.75 Å². The van der Waals surface area contributed by atoms with Gasteiger partial charge in [-0.2, -0.15) is 5.10 Å². The van der Waals surface area contributed by atoms with E-state index in [-0.39, 0.29) is 11.9 Å². The summed E-state index contributed by atoms with van der Waals surface area (Å²) in [6.45, 7) is 0.757. The second kappa shape index (κ2) is 7.66. The Morgan fingerprint density at radius 1 is 1.22 bits per heavy atom. The van der Waals surface area contributed by atoms with Crippen LogP contribution >= 0.6 is 0 Å². The van der Waals surface area contributed by atoms with E-state index in [2.05, 4.69) is 27.2 Å². The highest BCUT2D eigenvalue weighted by Crippen LogP contribution is 2.30. The van der Waals surface area contributed by atoms with Crippen LogP contribution in [0.15, 0.2) is 60.8 Å². The van der Waals surface area contributed by atoms with Gasteiger partial charge in [-0.15, -0.1) is 0 Å². The largest absolute Gasteiger partial charge is 0.497 e. The fraction of sp³-hybridized carbons (Fsp3) is 0.273. The van der Waals surface area contributed by atoms with Crippen LogP contribution in [0.4, 0.5) is 0 Å². The number of carbonyl (C=O) groups excluding carboxylic acids is 1. The van der Waals surface area contributed by atoms with Crippen molar-refractivity contribution < 1.29 is 9.53 Å². The summed E-state index contributed by atoms with van der Waals surface area (Å²) in [5, 5.41) is 7.77. The summed E-state index contributed by atoms with van der Waals surface area (Å²) in [5.41, 5.74) is 4.19. The molecule has 1 aliphatic rings. The number of benzene rings is 2. The minimum Gasteiger partial charge on any atom is -0.497 e. The SMILES string of the molecule is COc1cccc(C(=O)NC2CCCc3c2cnn3Cc2ccccc2)c1. The first-order chi connectivity index (χ1) is 13.2. The average molecular weight is 361 g/mol. The Kier molecular flexibility index (Phi) is 4.92. The van der Waals surface area contributed by atoms with Crippen LogP contribution in [-0.2, 0) is 13.0 Å². The van der Waals surface area contributed by atoms with E-state index in [0.29, 0.717) is 11.3 Å². The number of amides is 1. The van der Waals surface area contributed by atoms with Crippen molar-refractivity contribution in [3.05, 3.63) is 83.2 Å². The molecular weight excluding hydrogens is 338 g/mol. The van der Waals surface area contributed by atoms with Crippen molar-refractivity contribution in [1.82, 2.24) is 15.1 Å². The van der Waals surface area contributed by atoms with E-state index >= 15 is 0 Å². The van der Waals surface area contributed by atoms with Crippen LogP contribution < -0.4 is 10.1 Å². The summed E-state index contributed by atoms with van der Waals surface area (Å²) in [6.07, 6.45) is 4.87. The summed E-state index contributed by atoms with van der Waals surface area (Å²) in [7, 11) is 1.60. The quantitative estimate of drug-likeness (QED) is 0.753. The number of rotatable bonds is 5. The number of fused-ring (bicyclic) bond motifs is 1. The van der Waals surface area contributed by atoms with E-state index < -0.39 is 0 Å². The molecule has 0 fully saturated rings. The lowest BCUT2D eigenvalue weighted by atomic mass is 9.92. The van der Waals surface area contributed by atoms with Crippen molar-refractivity contribution in [2.75, 3.05) is 7.11 Å². The number of nitrogens with one attached hydrogen (secondary N) is 1. The van der Waals surface area contributed by atoms with Gasteiger partial charge in [0.15, 0.2) is 0 Å². The standard InChI is InChI=1S/C22H23N3O2/c1-27-18-10-5-9-17(13-18)22(26)24-20-11-6-12-21-19(20)14-23-25(21)15-16-7-3-2-4-8-16/h2-5,7-10,13-14,20H,6,11-12,15H2,1H3,(H,24,26).